The van der Waals surface area contributed by atoms with Gasteiger partial charge in [0.15, 0.2) is 0 Å². The molecule has 2 rings (SSSR count). The molecule has 2 aliphatic carbocycles. The summed E-state index contributed by atoms with van der Waals surface area (Å²) in [6.45, 7) is 1.76. The quantitative estimate of drug-likeness (QED) is 0.681. The standard InChI is InChI=1S/C10H16N2OS/c1-5(9(11)14)10(13)12-8-3-6-2-7(6)4-8/h5-8H,2-4H2,1H3,(H2,11,14)(H,12,13). The Hall–Kier alpha value is -0.640. The molecule has 0 aliphatic heterocycles. The molecule has 78 valence electrons. The Morgan fingerprint density at radius 3 is 2.50 bits per heavy atom. The molecule has 0 heterocycles. The third-order valence-electron chi connectivity index (χ3n) is 3.41. The van der Waals surface area contributed by atoms with Crippen molar-refractivity contribution in [2.75, 3.05) is 0 Å². The summed E-state index contributed by atoms with van der Waals surface area (Å²) in [5, 5.41) is 3.01. The molecule has 0 saturated heterocycles. The van der Waals surface area contributed by atoms with E-state index in [1.807, 2.05) is 0 Å². The fourth-order valence-electron chi connectivity index (χ4n) is 2.29. The topological polar surface area (TPSA) is 55.1 Å². The number of carbonyl (C=O) groups excluding carboxylic acids is 1. The maximum atomic E-state index is 11.6. The van der Waals surface area contributed by atoms with Gasteiger partial charge in [-0.25, -0.2) is 0 Å². The predicted octanol–water partition coefficient (Wildman–Crippen LogP) is 0.823. The van der Waals surface area contributed by atoms with Crippen molar-refractivity contribution in [3.05, 3.63) is 0 Å². The Morgan fingerprint density at radius 2 is 2.00 bits per heavy atom. The first-order chi connectivity index (χ1) is 6.58. The molecule has 3 atom stereocenters. The van der Waals surface area contributed by atoms with Gasteiger partial charge in [0, 0.05) is 6.04 Å². The molecule has 1 amide bonds. The monoisotopic (exact) mass is 212 g/mol. The highest BCUT2D eigenvalue weighted by molar-refractivity contribution is 7.80. The Kier molecular flexibility index (Phi) is 2.47. The van der Waals surface area contributed by atoms with Gasteiger partial charge in [0.05, 0.1) is 10.9 Å². The Balaban J connectivity index is 1.79. The summed E-state index contributed by atoms with van der Waals surface area (Å²) in [5.41, 5.74) is 5.42. The third kappa shape index (κ3) is 1.90. The van der Waals surface area contributed by atoms with Crippen molar-refractivity contribution >= 4 is 23.1 Å². The molecule has 0 aromatic rings. The second-order valence-electron chi connectivity index (χ2n) is 4.56. The van der Waals surface area contributed by atoms with Crippen LogP contribution in [0, 0.1) is 17.8 Å². The highest BCUT2D eigenvalue weighted by atomic mass is 32.1. The van der Waals surface area contributed by atoms with Crippen LogP contribution in [0.15, 0.2) is 0 Å². The maximum Gasteiger partial charge on any atom is 0.229 e. The molecule has 0 radical (unpaired) electrons. The first-order valence-electron chi connectivity index (χ1n) is 5.17. The lowest BCUT2D eigenvalue weighted by atomic mass is 10.1. The normalized spacial score (nSPS) is 35.9. The van der Waals surface area contributed by atoms with E-state index in [9.17, 15) is 4.79 Å². The largest absolute Gasteiger partial charge is 0.393 e. The van der Waals surface area contributed by atoms with E-state index in [4.69, 9.17) is 18.0 Å². The van der Waals surface area contributed by atoms with E-state index in [0.717, 1.165) is 24.7 Å². The number of hydrogen-bond donors (Lipinski definition) is 2. The van der Waals surface area contributed by atoms with Crippen molar-refractivity contribution in [3.63, 3.8) is 0 Å². The second kappa shape index (κ2) is 3.50. The van der Waals surface area contributed by atoms with Crippen molar-refractivity contribution in [1.29, 1.82) is 0 Å². The number of fused-ring (bicyclic) bond motifs is 1. The van der Waals surface area contributed by atoms with Crippen LogP contribution in [-0.4, -0.2) is 16.9 Å². The maximum absolute atomic E-state index is 11.6. The molecule has 0 bridgehead atoms. The Labute approximate surface area is 89.4 Å². The van der Waals surface area contributed by atoms with Gasteiger partial charge in [-0.1, -0.05) is 12.2 Å². The number of carbonyl (C=O) groups is 1. The molecular weight excluding hydrogens is 196 g/mol. The van der Waals surface area contributed by atoms with Crippen LogP contribution < -0.4 is 11.1 Å². The number of thiocarbonyl (C=S) groups is 1. The SMILES string of the molecule is CC(C(=O)NC1CC2CC2C1)C(N)=S. The van der Waals surface area contributed by atoms with Gasteiger partial charge in [0.1, 0.15) is 0 Å². The zero-order valence-electron chi connectivity index (χ0n) is 8.32. The van der Waals surface area contributed by atoms with E-state index in [1.165, 1.54) is 6.42 Å². The van der Waals surface area contributed by atoms with E-state index in [1.54, 1.807) is 6.92 Å². The summed E-state index contributed by atoms with van der Waals surface area (Å²) >= 11 is 4.78. The lowest BCUT2D eigenvalue weighted by Crippen LogP contribution is -2.41. The predicted molar refractivity (Wildman–Crippen MR) is 58.7 cm³/mol. The van der Waals surface area contributed by atoms with Crippen LogP contribution >= 0.6 is 12.2 Å². The first kappa shape index (κ1) is 9.90. The molecule has 4 heteroatoms. The van der Waals surface area contributed by atoms with Gasteiger partial charge >= 0.3 is 0 Å². The van der Waals surface area contributed by atoms with Gasteiger partial charge in [-0.05, 0) is 38.0 Å². The van der Waals surface area contributed by atoms with Gasteiger partial charge in [-0.2, -0.15) is 0 Å². The van der Waals surface area contributed by atoms with Crippen molar-refractivity contribution in [2.24, 2.45) is 23.5 Å². The molecule has 2 saturated carbocycles. The number of rotatable bonds is 3. The average Bonchev–Trinajstić information content (AvgIpc) is 2.73. The minimum Gasteiger partial charge on any atom is -0.393 e. The summed E-state index contributed by atoms with van der Waals surface area (Å²) in [6, 6.07) is 0.378. The lowest BCUT2D eigenvalue weighted by Gasteiger charge is -2.17. The van der Waals surface area contributed by atoms with Gasteiger partial charge < -0.3 is 11.1 Å². The van der Waals surface area contributed by atoms with Gasteiger partial charge in [0.2, 0.25) is 5.91 Å². The van der Waals surface area contributed by atoms with Crippen molar-refractivity contribution in [2.45, 2.75) is 32.2 Å². The number of amides is 1. The summed E-state index contributed by atoms with van der Waals surface area (Å²) < 4.78 is 0. The third-order valence-corrected chi connectivity index (χ3v) is 3.76. The van der Waals surface area contributed by atoms with E-state index >= 15 is 0 Å². The molecule has 0 spiro atoms. The fraction of sp³-hybridized carbons (Fsp3) is 0.800. The van der Waals surface area contributed by atoms with Crippen molar-refractivity contribution < 1.29 is 4.79 Å². The second-order valence-corrected chi connectivity index (χ2v) is 5.03. The molecule has 0 aromatic heterocycles. The smallest absolute Gasteiger partial charge is 0.229 e. The van der Waals surface area contributed by atoms with Crippen molar-refractivity contribution in [3.8, 4) is 0 Å². The fourth-order valence-corrected chi connectivity index (χ4v) is 2.40. The van der Waals surface area contributed by atoms with Crippen LogP contribution in [0.3, 0.4) is 0 Å². The van der Waals surface area contributed by atoms with Crippen LogP contribution in [-0.2, 0) is 4.79 Å². The van der Waals surface area contributed by atoms with Gasteiger partial charge in [0.25, 0.3) is 0 Å². The van der Waals surface area contributed by atoms with Crippen LogP contribution in [0.1, 0.15) is 26.2 Å². The van der Waals surface area contributed by atoms with E-state index in [-0.39, 0.29) is 16.8 Å². The average molecular weight is 212 g/mol. The number of hydrogen-bond acceptors (Lipinski definition) is 2. The summed E-state index contributed by atoms with van der Waals surface area (Å²) in [7, 11) is 0. The Bertz CT molecular complexity index is 269. The van der Waals surface area contributed by atoms with Gasteiger partial charge in [-0.3, -0.25) is 4.79 Å². The van der Waals surface area contributed by atoms with Crippen LogP contribution in [0.5, 0.6) is 0 Å². The number of nitrogens with one attached hydrogen (secondary N) is 1. The van der Waals surface area contributed by atoms with Crippen LogP contribution in [0.4, 0.5) is 0 Å². The molecule has 2 fully saturated rings. The number of nitrogens with two attached hydrogens (primary N) is 1. The molecule has 3 nitrogen and oxygen atoms in total. The minimum absolute atomic E-state index is 0.0104. The first-order valence-corrected chi connectivity index (χ1v) is 5.58. The van der Waals surface area contributed by atoms with Gasteiger partial charge in [-0.15, -0.1) is 0 Å². The van der Waals surface area contributed by atoms with Crippen LogP contribution in [0.2, 0.25) is 0 Å². The van der Waals surface area contributed by atoms with E-state index in [2.05, 4.69) is 5.32 Å². The summed E-state index contributed by atoms with van der Waals surface area (Å²) in [4.78, 5) is 11.9. The summed E-state index contributed by atoms with van der Waals surface area (Å²) in [5.74, 6) is 1.44. The van der Waals surface area contributed by atoms with E-state index in [0.29, 0.717) is 6.04 Å². The van der Waals surface area contributed by atoms with Crippen molar-refractivity contribution in [1.82, 2.24) is 5.32 Å². The highest BCUT2D eigenvalue weighted by Gasteiger charge is 2.46. The minimum atomic E-state index is -0.332. The molecule has 0 aromatic carbocycles. The lowest BCUT2D eigenvalue weighted by molar-refractivity contribution is -0.123. The highest BCUT2D eigenvalue weighted by Crippen LogP contribution is 2.51. The molecule has 14 heavy (non-hydrogen) atoms. The zero-order chi connectivity index (χ0) is 10.3. The molecular formula is C10H16N2OS. The molecule has 2 aliphatic rings. The van der Waals surface area contributed by atoms with E-state index < -0.39 is 0 Å². The molecule has 3 N–H and O–H groups in total. The summed E-state index contributed by atoms with van der Waals surface area (Å²) in [6.07, 6.45) is 3.68. The molecule has 3 unspecified atom stereocenters. The zero-order valence-corrected chi connectivity index (χ0v) is 9.14. The van der Waals surface area contributed by atoms with Crippen LogP contribution in [0.25, 0.3) is 0 Å². The Morgan fingerprint density at radius 1 is 1.43 bits per heavy atom.